The maximum atomic E-state index is 15.5. The molecule has 2 N–H and O–H groups in total. The summed E-state index contributed by atoms with van der Waals surface area (Å²) in [6.07, 6.45) is 8.58. The first-order valence-corrected chi connectivity index (χ1v) is 15.1. The van der Waals surface area contributed by atoms with E-state index >= 15 is 4.39 Å². The summed E-state index contributed by atoms with van der Waals surface area (Å²) in [5.41, 5.74) is 2.28. The molecule has 1 aliphatic heterocycles. The van der Waals surface area contributed by atoms with Gasteiger partial charge in [-0.1, -0.05) is 48.2 Å². The van der Waals surface area contributed by atoms with Crippen LogP contribution < -0.4 is 10.9 Å². The van der Waals surface area contributed by atoms with Crippen LogP contribution in [0, 0.1) is 11.7 Å². The van der Waals surface area contributed by atoms with Gasteiger partial charge >= 0.3 is 0 Å². The lowest BCUT2D eigenvalue weighted by Gasteiger charge is -2.21. The molecule has 12 nitrogen and oxygen atoms in total. The minimum absolute atomic E-state index is 0.0285. The van der Waals surface area contributed by atoms with Crippen molar-refractivity contribution in [3.63, 3.8) is 0 Å². The zero-order valence-corrected chi connectivity index (χ0v) is 25.6. The fourth-order valence-corrected chi connectivity index (χ4v) is 5.83. The lowest BCUT2D eigenvalue weighted by atomic mass is 9.99. The van der Waals surface area contributed by atoms with Crippen LogP contribution in [-0.4, -0.2) is 56.9 Å². The van der Waals surface area contributed by atoms with Crippen LogP contribution in [-0.2, 0) is 11.3 Å². The van der Waals surface area contributed by atoms with E-state index in [1.165, 1.54) is 33.9 Å². The molecule has 5 aromatic rings. The zero-order chi connectivity index (χ0) is 31.7. The number of aliphatic hydroxyl groups is 1. The van der Waals surface area contributed by atoms with Crippen LogP contribution >= 0.6 is 23.2 Å². The van der Waals surface area contributed by atoms with E-state index < -0.39 is 17.4 Å². The Hall–Kier alpha value is -4.46. The van der Waals surface area contributed by atoms with Gasteiger partial charge in [0.1, 0.15) is 0 Å². The monoisotopic (exact) mass is 651 g/mol. The fourth-order valence-electron chi connectivity index (χ4n) is 5.55. The molecule has 2 atom stereocenters. The van der Waals surface area contributed by atoms with Crippen LogP contribution in [0.25, 0.3) is 28.2 Å². The Bertz CT molecular complexity index is 1940. The predicted octanol–water partition coefficient (Wildman–Crippen LogP) is 4.93. The SMILES string of the molecule is C[C@@H]1CCCC[C@H](n2cnc(-c3c(-n4cc(Cl)nn4)ccc(Cl)c3F)cc2=O)c2cc(ccn2)-c2c(cnn2CCO)NC1=O. The lowest BCUT2D eigenvalue weighted by molar-refractivity contribution is -0.119. The number of fused-ring (bicyclic) bond motifs is 4. The Morgan fingerprint density at radius 2 is 1.93 bits per heavy atom. The van der Waals surface area contributed by atoms with E-state index in [1.54, 1.807) is 29.2 Å². The van der Waals surface area contributed by atoms with Crippen molar-refractivity contribution >= 4 is 34.8 Å². The largest absolute Gasteiger partial charge is 0.394 e. The molecule has 0 saturated carbocycles. The molecular formula is C30H28Cl2FN9O3. The van der Waals surface area contributed by atoms with E-state index in [9.17, 15) is 14.7 Å². The molecule has 1 amide bonds. The van der Waals surface area contributed by atoms with E-state index in [1.807, 2.05) is 13.0 Å². The standard InChI is InChI=1S/C30H28Cl2FN9O3/c1-17-4-2-3-5-23(20-12-18(8-9-34-20)29-22(37-30(17)45)14-36-41(29)10-11-43)40-16-35-21(13-26(40)44)27-24(7-6-19(31)28(27)33)42-15-25(32)38-39-42/h6-9,12-17,23,43H,2-5,10-11H2,1H3,(H,37,45)/t17-,23+/m1/s1. The second-order valence-corrected chi connectivity index (χ2v) is 11.6. The fraction of sp³-hybridized carbons (Fsp3) is 0.300. The number of halogens is 3. The number of carbonyl (C=O) groups is 1. The average molecular weight is 653 g/mol. The van der Waals surface area contributed by atoms with Gasteiger partial charge in [0.15, 0.2) is 11.0 Å². The highest BCUT2D eigenvalue weighted by molar-refractivity contribution is 6.31. The van der Waals surface area contributed by atoms with Crippen LogP contribution in [0.5, 0.6) is 0 Å². The maximum absolute atomic E-state index is 15.5. The highest BCUT2D eigenvalue weighted by atomic mass is 35.5. The summed E-state index contributed by atoms with van der Waals surface area (Å²) in [7, 11) is 0. The van der Waals surface area contributed by atoms with Gasteiger partial charge in [-0.3, -0.25) is 23.8 Å². The van der Waals surface area contributed by atoms with Crippen molar-refractivity contribution in [2.75, 3.05) is 11.9 Å². The molecule has 0 radical (unpaired) electrons. The summed E-state index contributed by atoms with van der Waals surface area (Å²) in [5.74, 6) is -1.15. The van der Waals surface area contributed by atoms with Gasteiger partial charge in [0.2, 0.25) is 5.91 Å². The first kappa shape index (κ1) is 30.6. The molecule has 1 aliphatic rings. The van der Waals surface area contributed by atoms with Gasteiger partial charge in [-0.2, -0.15) is 5.10 Å². The Morgan fingerprint density at radius 1 is 1.11 bits per heavy atom. The molecule has 4 aromatic heterocycles. The lowest BCUT2D eigenvalue weighted by Crippen LogP contribution is -2.26. The van der Waals surface area contributed by atoms with Gasteiger partial charge in [0.25, 0.3) is 5.56 Å². The zero-order valence-electron chi connectivity index (χ0n) is 24.1. The average Bonchev–Trinajstić information content (AvgIpc) is 3.64. The normalized spacial score (nSPS) is 17.1. The van der Waals surface area contributed by atoms with Gasteiger partial charge in [0.05, 0.1) is 77.0 Å². The summed E-state index contributed by atoms with van der Waals surface area (Å²) in [4.78, 5) is 35.9. The van der Waals surface area contributed by atoms with Gasteiger partial charge in [-0.15, -0.1) is 5.10 Å². The van der Waals surface area contributed by atoms with Gasteiger partial charge in [0, 0.05) is 23.7 Å². The highest BCUT2D eigenvalue weighted by Gasteiger charge is 2.25. The van der Waals surface area contributed by atoms with Crippen molar-refractivity contribution in [2.45, 2.75) is 45.2 Å². The molecule has 0 spiro atoms. The molecule has 232 valence electrons. The first-order chi connectivity index (χ1) is 21.7. The Balaban J connectivity index is 1.45. The number of anilines is 1. The van der Waals surface area contributed by atoms with Crippen LogP contribution in [0.3, 0.4) is 0 Å². The Morgan fingerprint density at radius 3 is 2.69 bits per heavy atom. The van der Waals surface area contributed by atoms with E-state index in [2.05, 4.69) is 30.7 Å². The summed E-state index contributed by atoms with van der Waals surface area (Å²) in [5, 5.41) is 24.7. The number of pyridine rings is 1. The number of hydrogen-bond donors (Lipinski definition) is 2. The topological polar surface area (TPSA) is 146 Å². The van der Waals surface area contributed by atoms with Crippen LogP contribution in [0.4, 0.5) is 10.1 Å². The second-order valence-electron chi connectivity index (χ2n) is 10.8. The van der Waals surface area contributed by atoms with Gasteiger partial charge in [-0.25, -0.2) is 14.1 Å². The predicted molar refractivity (Wildman–Crippen MR) is 166 cm³/mol. The molecule has 5 heterocycles. The van der Waals surface area contributed by atoms with Crippen molar-refractivity contribution in [1.82, 2.24) is 39.3 Å². The molecule has 45 heavy (non-hydrogen) atoms. The highest BCUT2D eigenvalue weighted by Crippen LogP contribution is 2.34. The summed E-state index contributed by atoms with van der Waals surface area (Å²) in [6, 6.07) is 7.28. The smallest absolute Gasteiger partial charge is 0.254 e. The van der Waals surface area contributed by atoms with Crippen molar-refractivity contribution in [3.8, 4) is 28.2 Å². The number of carbonyl (C=O) groups excluding carboxylic acids is 1. The molecule has 2 bridgehead atoms. The van der Waals surface area contributed by atoms with Crippen LogP contribution in [0.1, 0.15) is 44.3 Å². The number of nitrogens with zero attached hydrogens (tertiary/aromatic N) is 8. The van der Waals surface area contributed by atoms with Gasteiger partial charge in [-0.05, 0) is 37.1 Å². The minimum Gasteiger partial charge on any atom is -0.394 e. The van der Waals surface area contributed by atoms with Crippen LogP contribution in [0.15, 0.2) is 60.0 Å². The number of benzene rings is 1. The molecule has 15 heteroatoms. The third kappa shape index (κ3) is 6.10. The molecule has 0 fully saturated rings. The molecule has 0 aliphatic carbocycles. The van der Waals surface area contributed by atoms with E-state index in [-0.39, 0.29) is 52.1 Å². The van der Waals surface area contributed by atoms with Crippen LogP contribution in [0.2, 0.25) is 10.2 Å². The van der Waals surface area contributed by atoms with Crippen molar-refractivity contribution in [3.05, 3.63) is 87.3 Å². The molecular weight excluding hydrogens is 624 g/mol. The van der Waals surface area contributed by atoms with E-state index in [0.717, 1.165) is 6.42 Å². The second kappa shape index (κ2) is 12.9. The van der Waals surface area contributed by atoms with Gasteiger partial charge < -0.3 is 10.4 Å². The summed E-state index contributed by atoms with van der Waals surface area (Å²) >= 11 is 12.1. The molecule has 6 rings (SSSR count). The molecule has 1 aromatic carbocycles. The Labute approximate surface area is 266 Å². The number of amides is 1. The number of rotatable bonds is 5. The Kier molecular flexibility index (Phi) is 8.74. The number of hydrogen-bond acceptors (Lipinski definition) is 8. The number of aromatic nitrogens is 8. The summed E-state index contributed by atoms with van der Waals surface area (Å²) < 4.78 is 19.8. The van der Waals surface area contributed by atoms with E-state index in [4.69, 9.17) is 23.2 Å². The number of nitrogens with one attached hydrogen (secondary N) is 1. The summed E-state index contributed by atoms with van der Waals surface area (Å²) in [6.45, 7) is 1.94. The third-order valence-corrected chi connectivity index (χ3v) is 8.30. The minimum atomic E-state index is -0.769. The third-order valence-electron chi connectivity index (χ3n) is 7.83. The van der Waals surface area contributed by atoms with E-state index in [0.29, 0.717) is 41.9 Å². The molecule has 0 saturated heterocycles. The quantitative estimate of drug-likeness (QED) is 0.272. The van der Waals surface area contributed by atoms with Crippen molar-refractivity contribution in [1.29, 1.82) is 0 Å². The first-order valence-electron chi connectivity index (χ1n) is 14.3. The van der Waals surface area contributed by atoms with Crippen molar-refractivity contribution in [2.24, 2.45) is 5.92 Å². The van der Waals surface area contributed by atoms with Crippen molar-refractivity contribution < 1.29 is 14.3 Å². The number of aliphatic hydroxyl groups excluding tert-OH is 1. The molecule has 0 unspecified atom stereocenters. The maximum Gasteiger partial charge on any atom is 0.254 e.